The first-order valence-electron chi connectivity index (χ1n) is 7.55. The van der Waals surface area contributed by atoms with Crippen molar-refractivity contribution in [3.63, 3.8) is 0 Å². The summed E-state index contributed by atoms with van der Waals surface area (Å²) in [6.07, 6.45) is 0. The Bertz CT molecular complexity index is 1490. The Kier molecular flexibility index (Phi) is 3.56. The molecule has 0 N–H and O–H groups in total. The first kappa shape index (κ1) is 19.0. The summed E-state index contributed by atoms with van der Waals surface area (Å²) in [5.41, 5.74) is -0.368. The Hall–Kier alpha value is -5.37. The van der Waals surface area contributed by atoms with Crippen LogP contribution in [0.3, 0.4) is 0 Å². The molecule has 4 rings (SSSR count). The molecular formula is C10H3N11O10. The highest BCUT2D eigenvalue weighted by molar-refractivity contribution is 5.69. The first-order valence-corrected chi connectivity index (χ1v) is 7.55. The summed E-state index contributed by atoms with van der Waals surface area (Å²) < 4.78 is 1.36. The quantitative estimate of drug-likeness (QED) is 0.304. The molecule has 0 spiro atoms. The van der Waals surface area contributed by atoms with Crippen molar-refractivity contribution in [1.29, 1.82) is 0 Å². The van der Waals surface area contributed by atoms with Gasteiger partial charge in [-0.1, -0.05) is 0 Å². The molecule has 0 saturated carbocycles. The SMILES string of the molecule is Cc1c([N+](=O)[O-])nc2n1c1nc([N+](=O)[O-])c([N+](=O)[O-])n1c1nc([N+](=O)[O-])c([N+](=O)[O-])n21. The molecule has 4 aromatic heterocycles. The van der Waals surface area contributed by atoms with Gasteiger partial charge in [-0.15, -0.1) is 0 Å². The lowest BCUT2D eigenvalue weighted by molar-refractivity contribution is -0.427. The van der Waals surface area contributed by atoms with Crippen LogP contribution in [0.4, 0.5) is 29.1 Å². The molecule has 0 saturated heterocycles. The molecule has 0 amide bonds. The van der Waals surface area contributed by atoms with E-state index in [-0.39, 0.29) is 5.69 Å². The van der Waals surface area contributed by atoms with Gasteiger partial charge in [0.25, 0.3) is 0 Å². The van der Waals surface area contributed by atoms with Gasteiger partial charge in [0.2, 0.25) is 0 Å². The van der Waals surface area contributed by atoms with Crippen LogP contribution in [-0.2, 0) is 0 Å². The molecule has 4 heterocycles. The first-order chi connectivity index (χ1) is 14.5. The minimum absolute atomic E-state index is 0.337. The molecule has 0 unspecified atom stereocenters. The van der Waals surface area contributed by atoms with Gasteiger partial charge < -0.3 is 50.6 Å². The summed E-state index contributed by atoms with van der Waals surface area (Å²) in [7, 11) is 0. The van der Waals surface area contributed by atoms with Crippen molar-refractivity contribution >= 4 is 46.4 Å². The van der Waals surface area contributed by atoms with E-state index in [1.165, 1.54) is 0 Å². The third kappa shape index (κ3) is 2.26. The lowest BCUT2D eigenvalue weighted by Gasteiger charge is -1.94. The Morgan fingerprint density at radius 3 is 1.19 bits per heavy atom. The highest BCUT2D eigenvalue weighted by Crippen LogP contribution is 2.36. The fraction of sp³-hybridized carbons (Fsp3) is 0.100. The standard InChI is InChI=1S/C10H3N11O10/c1-2-3(17(22)23)11-8-14(2)9-12-4(18(24)25)6(20(28)29)16(9)10-13-5(19(26)27)7(15(8)10)21(30)31/h1H3. The number of nitrogens with zero attached hydrogens (tertiary/aromatic N) is 11. The molecule has 0 fully saturated rings. The molecule has 4 aromatic rings. The average molecular weight is 437 g/mol. The van der Waals surface area contributed by atoms with Gasteiger partial charge in [-0.3, -0.25) is 0 Å². The Morgan fingerprint density at radius 1 is 0.548 bits per heavy atom. The molecule has 0 aromatic carbocycles. The number of rotatable bonds is 5. The zero-order valence-electron chi connectivity index (χ0n) is 14.5. The monoisotopic (exact) mass is 437 g/mol. The zero-order valence-corrected chi connectivity index (χ0v) is 14.5. The minimum atomic E-state index is -1.38. The summed E-state index contributed by atoms with van der Waals surface area (Å²) in [5.74, 6) is -8.57. The molecule has 21 nitrogen and oxygen atoms in total. The van der Waals surface area contributed by atoms with Crippen molar-refractivity contribution < 1.29 is 24.6 Å². The van der Waals surface area contributed by atoms with Gasteiger partial charge in [0.05, 0.1) is 4.98 Å². The van der Waals surface area contributed by atoms with Gasteiger partial charge >= 0.3 is 46.4 Å². The Labute approximate surface area is 163 Å². The second kappa shape index (κ2) is 5.82. The molecule has 21 heteroatoms. The maximum absolute atomic E-state index is 11.5. The van der Waals surface area contributed by atoms with Crippen molar-refractivity contribution in [2.24, 2.45) is 0 Å². The van der Waals surface area contributed by atoms with Crippen LogP contribution < -0.4 is 0 Å². The molecule has 158 valence electrons. The number of fused-ring (bicyclic) bond motifs is 6. The van der Waals surface area contributed by atoms with Crippen LogP contribution in [0.2, 0.25) is 0 Å². The lowest BCUT2D eigenvalue weighted by atomic mass is 10.5. The fourth-order valence-corrected chi connectivity index (χ4v) is 3.06. The van der Waals surface area contributed by atoms with Gasteiger partial charge in [-0.05, 0) is 40.3 Å². The van der Waals surface area contributed by atoms with E-state index < -0.39 is 71.0 Å². The van der Waals surface area contributed by atoms with Crippen molar-refractivity contribution in [1.82, 2.24) is 28.2 Å². The molecule has 0 aliphatic carbocycles. The Morgan fingerprint density at radius 2 is 0.871 bits per heavy atom. The number of aryl methyl sites for hydroxylation is 1. The van der Waals surface area contributed by atoms with Crippen molar-refractivity contribution in [2.45, 2.75) is 6.92 Å². The summed E-state index contributed by atoms with van der Waals surface area (Å²) in [6.45, 7) is 1.09. The Balaban J connectivity index is 2.47. The molecule has 0 bridgehead atoms. The van der Waals surface area contributed by atoms with Crippen molar-refractivity contribution in [3.05, 3.63) is 56.3 Å². The maximum atomic E-state index is 11.5. The van der Waals surface area contributed by atoms with Crippen molar-refractivity contribution in [3.8, 4) is 0 Å². The van der Waals surface area contributed by atoms with Gasteiger partial charge in [-0.25, -0.2) is 0 Å². The van der Waals surface area contributed by atoms with Crippen LogP contribution in [0.15, 0.2) is 0 Å². The molecule has 0 radical (unpaired) electrons. The van der Waals surface area contributed by atoms with Gasteiger partial charge in [0, 0.05) is 9.97 Å². The second-order valence-electron chi connectivity index (χ2n) is 5.73. The summed E-state index contributed by atoms with van der Waals surface area (Å²) in [6, 6.07) is 0. The number of hydrogen-bond acceptors (Lipinski definition) is 13. The average Bonchev–Trinajstić information content (AvgIpc) is 3.31. The third-order valence-electron chi connectivity index (χ3n) is 4.17. The fourth-order valence-electron chi connectivity index (χ4n) is 3.06. The van der Waals surface area contributed by atoms with Crippen LogP contribution in [0, 0.1) is 57.5 Å². The maximum Gasteiger partial charge on any atom is 0.522 e. The van der Waals surface area contributed by atoms with E-state index in [2.05, 4.69) is 15.0 Å². The van der Waals surface area contributed by atoms with E-state index in [4.69, 9.17) is 0 Å². The van der Waals surface area contributed by atoms with Crippen LogP contribution >= 0.6 is 0 Å². The van der Waals surface area contributed by atoms with Crippen LogP contribution in [-0.4, -0.2) is 52.8 Å². The number of imidazole rings is 3. The number of hydrogen-bond donors (Lipinski definition) is 0. The summed E-state index contributed by atoms with van der Waals surface area (Å²) >= 11 is 0. The van der Waals surface area contributed by atoms with Crippen molar-refractivity contribution in [2.75, 3.05) is 0 Å². The van der Waals surface area contributed by atoms with E-state index in [1.54, 1.807) is 0 Å². The van der Waals surface area contributed by atoms with E-state index in [0.29, 0.717) is 13.2 Å². The lowest BCUT2D eigenvalue weighted by Crippen LogP contribution is -2.08. The van der Waals surface area contributed by atoms with Crippen LogP contribution in [0.1, 0.15) is 5.69 Å². The molecule has 0 aliphatic rings. The summed E-state index contributed by atoms with van der Waals surface area (Å²) in [5, 5.41) is 57.0. The van der Waals surface area contributed by atoms with E-state index in [9.17, 15) is 50.6 Å². The molecule has 0 aliphatic heterocycles. The smallest absolute Gasteiger partial charge is 0.358 e. The van der Waals surface area contributed by atoms with E-state index >= 15 is 0 Å². The number of nitro groups is 5. The largest absolute Gasteiger partial charge is 0.522 e. The van der Waals surface area contributed by atoms with Gasteiger partial charge in [-0.2, -0.15) is 4.40 Å². The predicted molar refractivity (Wildman–Crippen MR) is 90.7 cm³/mol. The topological polar surface area (TPSA) is 268 Å². The van der Waals surface area contributed by atoms with Gasteiger partial charge in [0.1, 0.15) is 5.69 Å². The van der Waals surface area contributed by atoms with E-state index in [0.717, 1.165) is 6.92 Å². The minimum Gasteiger partial charge on any atom is -0.358 e. The van der Waals surface area contributed by atoms with Crippen LogP contribution in [0.25, 0.3) is 17.3 Å². The second-order valence-corrected chi connectivity index (χ2v) is 5.73. The molecular weight excluding hydrogens is 434 g/mol. The normalized spacial score (nSPS) is 11.4. The molecule has 31 heavy (non-hydrogen) atoms. The molecule has 0 atom stereocenters. The van der Waals surface area contributed by atoms with E-state index in [1.807, 2.05) is 0 Å². The highest BCUT2D eigenvalue weighted by atomic mass is 16.7. The number of aromatic nitrogens is 6. The summed E-state index contributed by atoms with van der Waals surface area (Å²) in [4.78, 5) is 61.5. The van der Waals surface area contributed by atoms with Crippen LogP contribution in [0.5, 0.6) is 0 Å². The zero-order chi connectivity index (χ0) is 22.9. The predicted octanol–water partition coefficient (Wildman–Crippen LogP) is 0.479. The van der Waals surface area contributed by atoms with Gasteiger partial charge in [0.15, 0.2) is 0 Å². The highest BCUT2D eigenvalue weighted by Gasteiger charge is 2.49. The third-order valence-corrected chi connectivity index (χ3v) is 4.17.